The second-order valence-corrected chi connectivity index (χ2v) is 6.59. The van der Waals surface area contributed by atoms with Gasteiger partial charge in [0.2, 0.25) is 0 Å². The molecule has 3 rings (SSSR count). The number of nitrogens with one attached hydrogen (secondary N) is 1. The number of methoxy groups -OCH3 is 2. The minimum absolute atomic E-state index is 0.00107. The summed E-state index contributed by atoms with van der Waals surface area (Å²) in [7, 11) is 3.07. The maximum absolute atomic E-state index is 12.5. The third-order valence-electron chi connectivity index (χ3n) is 4.37. The molecular weight excluding hydrogens is 406 g/mol. The Kier molecular flexibility index (Phi) is 7.47. The van der Waals surface area contributed by atoms with Crippen molar-refractivity contribution < 1.29 is 38.1 Å². The van der Waals surface area contributed by atoms with Crippen molar-refractivity contribution in [2.45, 2.75) is 12.6 Å². The minimum Gasteiger partial charge on any atom is -0.497 e. The van der Waals surface area contributed by atoms with Gasteiger partial charge in [-0.25, -0.2) is 4.79 Å². The number of rotatable bonds is 11. The Morgan fingerprint density at radius 2 is 1.81 bits per heavy atom. The zero-order chi connectivity index (χ0) is 22.2. The van der Waals surface area contributed by atoms with Crippen molar-refractivity contribution in [3.63, 3.8) is 0 Å². The molecule has 9 nitrogen and oxygen atoms in total. The van der Waals surface area contributed by atoms with Crippen LogP contribution < -0.4 is 14.8 Å². The summed E-state index contributed by atoms with van der Waals surface area (Å²) in [5, 5.41) is 12.5. The Balaban J connectivity index is 1.55. The number of benzene rings is 2. The number of hydrogen-bond acceptors (Lipinski definition) is 7. The third-order valence-corrected chi connectivity index (χ3v) is 4.37. The zero-order valence-electron chi connectivity index (χ0n) is 17.1. The lowest BCUT2D eigenvalue weighted by Gasteiger charge is -2.14. The summed E-state index contributed by atoms with van der Waals surface area (Å²) in [5.74, 6) is -0.596. The first kappa shape index (κ1) is 22.1. The molecule has 0 saturated carbocycles. The number of hydrogen-bond donors (Lipinski definition) is 2. The fourth-order valence-corrected chi connectivity index (χ4v) is 2.77. The van der Waals surface area contributed by atoms with Crippen LogP contribution in [0.3, 0.4) is 0 Å². The van der Waals surface area contributed by atoms with E-state index >= 15 is 0 Å². The Bertz CT molecular complexity index is 1030. The number of furan rings is 1. The topological polar surface area (TPSA) is 116 Å². The number of ether oxygens (including phenoxy) is 4. The van der Waals surface area contributed by atoms with Gasteiger partial charge in [0.1, 0.15) is 17.1 Å². The van der Waals surface area contributed by atoms with Crippen molar-refractivity contribution in [1.29, 1.82) is 0 Å². The number of carboxylic acid groups (broad SMARTS) is 1. The molecule has 1 heterocycles. The van der Waals surface area contributed by atoms with E-state index in [4.69, 9.17) is 23.4 Å². The van der Waals surface area contributed by atoms with Crippen LogP contribution in [0.5, 0.6) is 11.5 Å². The largest absolute Gasteiger partial charge is 0.497 e. The van der Waals surface area contributed by atoms with Gasteiger partial charge in [0.25, 0.3) is 5.91 Å². The van der Waals surface area contributed by atoms with Gasteiger partial charge in [-0.2, -0.15) is 0 Å². The molecule has 31 heavy (non-hydrogen) atoms. The molecule has 0 bridgehead atoms. The van der Waals surface area contributed by atoms with E-state index in [0.29, 0.717) is 22.5 Å². The summed E-state index contributed by atoms with van der Waals surface area (Å²) in [4.78, 5) is 24.0. The van der Waals surface area contributed by atoms with Crippen molar-refractivity contribution in [2.24, 2.45) is 0 Å². The molecule has 1 unspecified atom stereocenters. The van der Waals surface area contributed by atoms with Crippen LogP contribution in [0.25, 0.3) is 11.0 Å². The summed E-state index contributed by atoms with van der Waals surface area (Å²) in [5.41, 5.74) is 1.32. The highest BCUT2D eigenvalue weighted by Gasteiger charge is 2.23. The summed E-state index contributed by atoms with van der Waals surface area (Å²) in [6.45, 7) is 0.111. The van der Waals surface area contributed by atoms with Crippen LogP contribution in [-0.4, -0.2) is 50.6 Å². The van der Waals surface area contributed by atoms with Crippen LogP contribution in [0.15, 0.2) is 52.9 Å². The Morgan fingerprint density at radius 3 is 2.48 bits per heavy atom. The first-order valence-corrected chi connectivity index (χ1v) is 9.40. The molecule has 0 fully saturated rings. The summed E-state index contributed by atoms with van der Waals surface area (Å²) in [6.07, 6.45) is 0. The molecule has 0 saturated heterocycles. The molecule has 0 aliphatic heterocycles. The van der Waals surface area contributed by atoms with Crippen LogP contribution in [0.4, 0.5) is 0 Å². The van der Waals surface area contributed by atoms with Gasteiger partial charge in [-0.05, 0) is 42.0 Å². The van der Waals surface area contributed by atoms with E-state index in [1.807, 2.05) is 0 Å². The number of fused-ring (bicyclic) bond motifs is 1. The minimum atomic E-state index is -1.24. The fourth-order valence-electron chi connectivity index (χ4n) is 2.77. The maximum Gasteiger partial charge on any atom is 0.328 e. The molecule has 0 aliphatic rings. The average molecular weight is 429 g/mol. The number of carboxylic acids is 1. The molecular formula is C22H23NO8. The van der Waals surface area contributed by atoms with Gasteiger partial charge >= 0.3 is 5.97 Å². The lowest BCUT2D eigenvalue weighted by molar-refractivity contribution is -0.141. The standard InChI is InChI=1S/C22H23NO8/c1-27-13-30-16-5-3-14(4-6-16)11-29-12-18(22(25)26)23-21(24)20-10-15-9-17(28-2)7-8-19(15)31-20/h3-10,18H,11-13H2,1-2H3,(H,23,24)(H,25,26). The molecule has 0 radical (unpaired) electrons. The first-order chi connectivity index (χ1) is 15.0. The van der Waals surface area contributed by atoms with Crippen LogP contribution in [-0.2, 0) is 20.9 Å². The van der Waals surface area contributed by atoms with Crippen molar-refractivity contribution in [3.8, 4) is 11.5 Å². The summed E-state index contributed by atoms with van der Waals surface area (Å²) >= 11 is 0. The molecule has 2 N–H and O–H groups in total. The molecule has 1 atom stereocenters. The van der Waals surface area contributed by atoms with E-state index in [1.165, 1.54) is 20.3 Å². The monoisotopic (exact) mass is 429 g/mol. The number of carbonyl (C=O) groups excluding carboxylic acids is 1. The van der Waals surface area contributed by atoms with Gasteiger partial charge < -0.3 is 33.8 Å². The third kappa shape index (κ3) is 5.97. The molecule has 164 valence electrons. The maximum atomic E-state index is 12.5. The number of amides is 1. The molecule has 0 aliphatic carbocycles. The van der Waals surface area contributed by atoms with E-state index in [2.05, 4.69) is 5.32 Å². The average Bonchev–Trinajstić information content (AvgIpc) is 3.21. The predicted molar refractivity (Wildman–Crippen MR) is 110 cm³/mol. The number of aliphatic carboxylic acids is 1. The Morgan fingerprint density at radius 1 is 1.06 bits per heavy atom. The quantitative estimate of drug-likeness (QED) is 0.447. The van der Waals surface area contributed by atoms with Crippen LogP contribution in [0, 0.1) is 0 Å². The van der Waals surface area contributed by atoms with Gasteiger partial charge in [-0.3, -0.25) is 4.79 Å². The molecule has 0 spiro atoms. The smallest absolute Gasteiger partial charge is 0.328 e. The van der Waals surface area contributed by atoms with Crippen molar-refractivity contribution in [1.82, 2.24) is 5.32 Å². The van der Waals surface area contributed by atoms with Crippen LogP contribution >= 0.6 is 0 Å². The van der Waals surface area contributed by atoms with Gasteiger partial charge in [0.15, 0.2) is 18.6 Å². The van der Waals surface area contributed by atoms with E-state index in [0.717, 1.165) is 5.56 Å². The Hall–Kier alpha value is -3.56. The second kappa shape index (κ2) is 10.5. The van der Waals surface area contributed by atoms with Crippen molar-refractivity contribution in [3.05, 3.63) is 59.9 Å². The van der Waals surface area contributed by atoms with Gasteiger partial charge in [0.05, 0.1) is 20.3 Å². The molecule has 2 aromatic carbocycles. The van der Waals surface area contributed by atoms with Gasteiger partial charge in [-0.15, -0.1) is 0 Å². The van der Waals surface area contributed by atoms with Gasteiger partial charge in [0, 0.05) is 12.5 Å². The van der Waals surface area contributed by atoms with Crippen LogP contribution in [0.1, 0.15) is 16.1 Å². The van der Waals surface area contributed by atoms with E-state index < -0.39 is 17.9 Å². The molecule has 9 heteroatoms. The van der Waals surface area contributed by atoms with Crippen LogP contribution in [0.2, 0.25) is 0 Å². The van der Waals surface area contributed by atoms with E-state index in [-0.39, 0.29) is 25.8 Å². The van der Waals surface area contributed by atoms with Crippen molar-refractivity contribution in [2.75, 3.05) is 27.6 Å². The Labute approximate surface area is 178 Å². The zero-order valence-corrected chi connectivity index (χ0v) is 17.1. The lowest BCUT2D eigenvalue weighted by Crippen LogP contribution is -2.43. The van der Waals surface area contributed by atoms with Crippen molar-refractivity contribution >= 4 is 22.8 Å². The van der Waals surface area contributed by atoms with E-state index in [1.54, 1.807) is 42.5 Å². The number of carbonyl (C=O) groups is 2. The second-order valence-electron chi connectivity index (χ2n) is 6.59. The fraction of sp³-hybridized carbons (Fsp3) is 0.273. The molecule has 1 aromatic heterocycles. The predicted octanol–water partition coefficient (Wildman–Crippen LogP) is 2.82. The first-order valence-electron chi connectivity index (χ1n) is 9.40. The summed E-state index contributed by atoms with van der Waals surface area (Å²) in [6, 6.07) is 12.5. The highest BCUT2D eigenvalue weighted by atomic mass is 16.7. The SMILES string of the molecule is COCOc1ccc(COCC(NC(=O)c2cc3cc(OC)ccc3o2)C(=O)O)cc1. The normalized spacial score (nSPS) is 11.8. The van der Waals surface area contributed by atoms with E-state index in [9.17, 15) is 14.7 Å². The lowest BCUT2D eigenvalue weighted by atomic mass is 10.2. The highest BCUT2D eigenvalue weighted by molar-refractivity contribution is 5.98. The summed E-state index contributed by atoms with van der Waals surface area (Å²) < 4.78 is 26.3. The molecule has 3 aromatic rings. The highest BCUT2D eigenvalue weighted by Crippen LogP contribution is 2.24. The molecule has 1 amide bonds. The van der Waals surface area contributed by atoms with Gasteiger partial charge in [-0.1, -0.05) is 12.1 Å².